The van der Waals surface area contributed by atoms with Crippen molar-refractivity contribution in [3.05, 3.63) is 29.8 Å². The van der Waals surface area contributed by atoms with E-state index in [1.807, 2.05) is 18.2 Å². The number of ether oxygens (including phenoxy) is 1. The lowest BCUT2D eigenvalue weighted by Gasteiger charge is -2.17. The van der Waals surface area contributed by atoms with Crippen molar-refractivity contribution in [3.63, 3.8) is 0 Å². The monoisotopic (exact) mass is 303 g/mol. The van der Waals surface area contributed by atoms with Crippen molar-refractivity contribution in [2.24, 2.45) is 0 Å². The topological polar surface area (TPSA) is 63.7 Å². The van der Waals surface area contributed by atoms with Crippen molar-refractivity contribution in [1.29, 1.82) is 0 Å². The van der Waals surface area contributed by atoms with Gasteiger partial charge in [0, 0.05) is 35.8 Å². The minimum Gasteiger partial charge on any atom is -0.496 e. The molecule has 1 amide bonds. The molecular weight excluding hydrogens is 290 g/mol. The van der Waals surface area contributed by atoms with Crippen molar-refractivity contribution in [2.45, 2.75) is 18.2 Å². The van der Waals surface area contributed by atoms with Crippen LogP contribution in [0.5, 0.6) is 5.75 Å². The lowest BCUT2D eigenvalue weighted by molar-refractivity contribution is -0.128. The van der Waals surface area contributed by atoms with Gasteiger partial charge in [-0.25, -0.2) is 8.42 Å². The van der Waals surface area contributed by atoms with Gasteiger partial charge in [0.15, 0.2) is 0 Å². The van der Waals surface area contributed by atoms with Crippen molar-refractivity contribution in [2.75, 3.05) is 13.7 Å². The van der Waals surface area contributed by atoms with E-state index < -0.39 is 14.3 Å². The maximum absolute atomic E-state index is 11.8. The molecule has 0 saturated carbocycles. The van der Waals surface area contributed by atoms with Gasteiger partial charge in [-0.15, -0.1) is 0 Å². The van der Waals surface area contributed by atoms with Crippen LogP contribution in [0.3, 0.4) is 0 Å². The molecular formula is C12H14ClNO4S. The number of hydrogen-bond acceptors (Lipinski definition) is 4. The van der Waals surface area contributed by atoms with E-state index in [0.717, 1.165) is 5.56 Å². The van der Waals surface area contributed by atoms with E-state index in [9.17, 15) is 13.2 Å². The first-order valence-electron chi connectivity index (χ1n) is 5.75. The first-order chi connectivity index (χ1) is 8.91. The van der Waals surface area contributed by atoms with Gasteiger partial charge in [0.1, 0.15) is 11.0 Å². The Morgan fingerprint density at radius 2 is 2.11 bits per heavy atom. The Morgan fingerprint density at radius 1 is 1.42 bits per heavy atom. The maximum atomic E-state index is 11.8. The highest BCUT2D eigenvalue weighted by Crippen LogP contribution is 2.25. The lowest BCUT2D eigenvalue weighted by Crippen LogP contribution is -2.26. The van der Waals surface area contributed by atoms with E-state index in [-0.39, 0.29) is 18.9 Å². The molecule has 1 saturated heterocycles. The molecule has 0 bridgehead atoms. The van der Waals surface area contributed by atoms with Crippen molar-refractivity contribution in [1.82, 2.24) is 4.90 Å². The van der Waals surface area contributed by atoms with Gasteiger partial charge in [0.05, 0.1) is 7.11 Å². The van der Waals surface area contributed by atoms with Crippen LogP contribution in [-0.2, 0) is 20.4 Å². The summed E-state index contributed by atoms with van der Waals surface area (Å²) in [4.78, 5) is 13.3. The first kappa shape index (κ1) is 14.1. The molecule has 1 aliphatic rings. The predicted molar refractivity (Wildman–Crippen MR) is 71.6 cm³/mol. The van der Waals surface area contributed by atoms with Gasteiger partial charge in [-0.3, -0.25) is 4.79 Å². The second-order valence-corrected chi connectivity index (χ2v) is 7.30. The molecule has 1 aromatic rings. The molecule has 1 unspecified atom stereocenters. The van der Waals surface area contributed by atoms with Crippen LogP contribution in [0.15, 0.2) is 24.3 Å². The number of amides is 1. The fourth-order valence-electron chi connectivity index (χ4n) is 2.12. The molecule has 19 heavy (non-hydrogen) atoms. The summed E-state index contributed by atoms with van der Waals surface area (Å²) in [6.07, 6.45) is -0.0546. The van der Waals surface area contributed by atoms with E-state index in [1.165, 1.54) is 4.90 Å². The third-order valence-electron chi connectivity index (χ3n) is 3.13. The number of carbonyl (C=O) groups excluding carboxylic acids is 1. The average molecular weight is 304 g/mol. The summed E-state index contributed by atoms with van der Waals surface area (Å²) in [5.74, 6) is 0.465. The van der Waals surface area contributed by atoms with Gasteiger partial charge in [-0.2, -0.15) is 0 Å². The van der Waals surface area contributed by atoms with E-state index in [2.05, 4.69) is 0 Å². The smallest absolute Gasteiger partial charge is 0.237 e. The lowest BCUT2D eigenvalue weighted by atomic mass is 10.2. The van der Waals surface area contributed by atoms with Gasteiger partial charge in [-0.05, 0) is 6.07 Å². The Bertz CT molecular complexity index is 587. The first-order valence-corrected chi connectivity index (χ1v) is 8.12. The summed E-state index contributed by atoms with van der Waals surface area (Å²) in [5, 5.41) is -0.823. The molecule has 0 spiro atoms. The number of rotatable bonds is 4. The average Bonchev–Trinajstić information content (AvgIpc) is 2.72. The van der Waals surface area contributed by atoms with Gasteiger partial charge in [-0.1, -0.05) is 18.2 Å². The molecule has 1 aliphatic heterocycles. The highest BCUT2D eigenvalue weighted by atomic mass is 35.7. The van der Waals surface area contributed by atoms with Crippen LogP contribution in [-0.4, -0.2) is 38.1 Å². The molecule has 0 aromatic heterocycles. The molecule has 1 fully saturated rings. The van der Waals surface area contributed by atoms with Crippen LogP contribution in [0.2, 0.25) is 0 Å². The summed E-state index contributed by atoms with van der Waals surface area (Å²) >= 11 is 0. The summed E-state index contributed by atoms with van der Waals surface area (Å²) in [7, 11) is 3.15. The summed E-state index contributed by atoms with van der Waals surface area (Å²) in [6, 6.07) is 7.31. The summed E-state index contributed by atoms with van der Waals surface area (Å²) in [5.41, 5.74) is 0.839. The van der Waals surface area contributed by atoms with Gasteiger partial charge >= 0.3 is 0 Å². The molecule has 1 atom stereocenters. The van der Waals surface area contributed by atoms with Gasteiger partial charge < -0.3 is 9.64 Å². The highest BCUT2D eigenvalue weighted by molar-refractivity contribution is 8.14. The number of carbonyl (C=O) groups is 1. The largest absolute Gasteiger partial charge is 0.496 e. The van der Waals surface area contributed by atoms with Crippen LogP contribution in [0.25, 0.3) is 0 Å². The molecule has 0 N–H and O–H groups in total. The van der Waals surface area contributed by atoms with Crippen LogP contribution < -0.4 is 4.74 Å². The molecule has 1 aromatic carbocycles. The zero-order valence-electron chi connectivity index (χ0n) is 10.4. The molecule has 5 nitrogen and oxygen atoms in total. The summed E-state index contributed by atoms with van der Waals surface area (Å²) in [6.45, 7) is 0.453. The Kier molecular flexibility index (Phi) is 4.01. The number of halogens is 1. The molecule has 104 valence electrons. The normalized spacial score (nSPS) is 19.8. The minimum atomic E-state index is -3.70. The molecule has 2 rings (SSSR count). The van der Waals surface area contributed by atoms with E-state index in [1.54, 1.807) is 13.2 Å². The number of likely N-dealkylation sites (tertiary alicyclic amines) is 1. The minimum absolute atomic E-state index is 0.0546. The highest BCUT2D eigenvalue weighted by Gasteiger charge is 2.37. The zero-order chi connectivity index (χ0) is 14.0. The Morgan fingerprint density at radius 3 is 2.68 bits per heavy atom. The second kappa shape index (κ2) is 5.38. The molecule has 0 radical (unpaired) electrons. The SMILES string of the molecule is COc1ccccc1CN1CC(S(=O)(=O)Cl)CC1=O. The van der Waals surface area contributed by atoms with Crippen molar-refractivity contribution in [3.8, 4) is 5.75 Å². The zero-order valence-corrected chi connectivity index (χ0v) is 11.9. The second-order valence-electron chi connectivity index (χ2n) is 4.39. The van der Waals surface area contributed by atoms with Gasteiger partial charge in [0.25, 0.3) is 0 Å². The van der Waals surface area contributed by atoms with E-state index in [4.69, 9.17) is 15.4 Å². The fraction of sp³-hybridized carbons (Fsp3) is 0.417. The number of hydrogen-bond donors (Lipinski definition) is 0. The number of benzene rings is 1. The van der Waals surface area contributed by atoms with Crippen molar-refractivity contribution >= 4 is 25.6 Å². The standard InChI is InChI=1S/C12H14ClNO4S/c1-18-11-5-3-2-4-9(11)7-14-8-10(6-12(14)15)19(13,16)17/h2-5,10H,6-8H2,1H3. The third kappa shape index (κ3) is 3.19. The van der Waals surface area contributed by atoms with Gasteiger partial charge in [0.2, 0.25) is 15.0 Å². The van der Waals surface area contributed by atoms with Crippen LogP contribution >= 0.6 is 10.7 Å². The fourth-order valence-corrected chi connectivity index (χ4v) is 3.17. The van der Waals surface area contributed by atoms with Crippen LogP contribution in [0.1, 0.15) is 12.0 Å². The Balaban J connectivity index is 2.14. The summed E-state index contributed by atoms with van der Waals surface area (Å²) < 4.78 is 27.7. The van der Waals surface area contributed by atoms with E-state index in [0.29, 0.717) is 12.3 Å². The predicted octanol–water partition coefficient (Wildman–Crippen LogP) is 1.36. The van der Waals surface area contributed by atoms with E-state index >= 15 is 0 Å². The quantitative estimate of drug-likeness (QED) is 0.788. The van der Waals surface area contributed by atoms with Crippen LogP contribution in [0, 0.1) is 0 Å². The van der Waals surface area contributed by atoms with Crippen molar-refractivity contribution < 1.29 is 17.9 Å². The number of nitrogens with zero attached hydrogens (tertiary/aromatic N) is 1. The Labute approximate surface area is 116 Å². The number of para-hydroxylation sites is 1. The third-order valence-corrected chi connectivity index (χ3v) is 5.00. The Hall–Kier alpha value is -1.27. The molecule has 0 aliphatic carbocycles. The molecule has 1 heterocycles. The molecule has 7 heteroatoms. The number of methoxy groups -OCH3 is 1. The maximum Gasteiger partial charge on any atom is 0.237 e. The van der Waals surface area contributed by atoms with Crippen LogP contribution in [0.4, 0.5) is 0 Å².